The number of thiol groups is 1. The Morgan fingerprint density at radius 3 is 2.63 bits per heavy atom. The highest BCUT2D eigenvalue weighted by atomic mass is 32.2. The summed E-state index contributed by atoms with van der Waals surface area (Å²) in [7, 11) is -2.91. The molecule has 2 heterocycles. The van der Waals surface area contributed by atoms with Gasteiger partial charge in [-0.15, -0.1) is 17.8 Å². The molecule has 2 amide bonds. The van der Waals surface area contributed by atoms with Gasteiger partial charge in [0.05, 0.1) is 19.6 Å². The van der Waals surface area contributed by atoms with E-state index in [0.29, 0.717) is 6.54 Å². The summed E-state index contributed by atoms with van der Waals surface area (Å²) in [4.78, 5) is 27.4. The van der Waals surface area contributed by atoms with Crippen LogP contribution in [0.2, 0.25) is 0 Å². The maximum atomic E-state index is 12.1. The molecule has 1 unspecified atom stereocenters. The molecule has 1 fully saturated rings. The molecule has 1 saturated heterocycles. The highest BCUT2D eigenvalue weighted by Gasteiger charge is 2.26. The molecule has 0 saturated carbocycles. The highest BCUT2D eigenvalue weighted by Crippen LogP contribution is 2.31. The van der Waals surface area contributed by atoms with Crippen LogP contribution in [0.5, 0.6) is 0 Å². The molecule has 0 aliphatic carbocycles. The number of likely N-dealkylation sites (tertiary alicyclic amines) is 1. The molecule has 10 heteroatoms. The first-order chi connectivity index (χ1) is 16.9. The predicted molar refractivity (Wildman–Crippen MR) is 139 cm³/mol. The van der Waals surface area contributed by atoms with Crippen LogP contribution in [0.15, 0.2) is 41.8 Å². The highest BCUT2D eigenvalue weighted by molar-refractivity contribution is 7.69. The van der Waals surface area contributed by atoms with Crippen molar-refractivity contribution in [3.8, 4) is 22.8 Å². The van der Waals surface area contributed by atoms with Crippen molar-refractivity contribution in [2.45, 2.75) is 25.8 Å². The van der Waals surface area contributed by atoms with Gasteiger partial charge in [-0.3, -0.25) is 14.5 Å². The summed E-state index contributed by atoms with van der Waals surface area (Å²) in [6, 6.07) is 13.1. The number of carbonyl (C=O) groups is 2. The van der Waals surface area contributed by atoms with Crippen LogP contribution in [0, 0.1) is 18.3 Å². The van der Waals surface area contributed by atoms with Crippen LogP contribution in [0.3, 0.4) is 0 Å². The van der Waals surface area contributed by atoms with Gasteiger partial charge in [-0.05, 0) is 67.4 Å². The molecule has 1 aromatic carbocycles. The Bertz CT molecular complexity index is 1090. The third kappa shape index (κ3) is 8.18. The summed E-state index contributed by atoms with van der Waals surface area (Å²) >= 11 is 1.73. The van der Waals surface area contributed by atoms with Crippen molar-refractivity contribution >= 4 is 34.0 Å². The largest absolute Gasteiger partial charge is 0.346 e. The van der Waals surface area contributed by atoms with Gasteiger partial charge in [0.25, 0.3) is 0 Å². The van der Waals surface area contributed by atoms with E-state index in [2.05, 4.69) is 70.2 Å². The average molecular weight is 517 g/mol. The third-order valence-electron chi connectivity index (χ3n) is 6.23. The van der Waals surface area contributed by atoms with E-state index in [1.807, 2.05) is 0 Å². The normalized spacial score (nSPS) is 15.6. The molecule has 1 atom stereocenters. The Balaban J connectivity index is 1.48. The molecule has 0 radical (unpaired) electrons. The van der Waals surface area contributed by atoms with Crippen LogP contribution in [0.1, 0.15) is 31.4 Å². The zero-order valence-electron chi connectivity index (χ0n) is 19.8. The van der Waals surface area contributed by atoms with Crippen molar-refractivity contribution in [2.75, 3.05) is 39.3 Å². The van der Waals surface area contributed by atoms with Crippen molar-refractivity contribution < 1.29 is 18.0 Å². The molecule has 35 heavy (non-hydrogen) atoms. The Morgan fingerprint density at radius 2 is 1.97 bits per heavy atom. The predicted octanol–water partition coefficient (Wildman–Crippen LogP) is 1.88. The van der Waals surface area contributed by atoms with Crippen LogP contribution >= 0.6 is 11.3 Å². The standard InChI is InChI=1S/C25H32N4O4S2/c1-3-11-26-24(30)16-27-25(31)18-29(35(32)33)17-20-9-12-28(13-10-20)19(2)21-6-4-7-22(15-21)23-8-5-14-34-23/h1,4-8,14-15,19-20,35H,9-13,16-18H2,2H3,(H,26,30)(H,27,31). The van der Waals surface area contributed by atoms with Gasteiger partial charge in [0, 0.05) is 17.5 Å². The molecule has 1 aromatic heterocycles. The molecule has 0 spiro atoms. The number of nitrogens with one attached hydrogen (secondary N) is 2. The lowest BCUT2D eigenvalue weighted by molar-refractivity contribution is -0.126. The summed E-state index contributed by atoms with van der Waals surface area (Å²) in [6.07, 6.45) is 6.77. The van der Waals surface area contributed by atoms with Crippen LogP contribution in [-0.2, 0) is 20.5 Å². The molecular weight excluding hydrogens is 484 g/mol. The summed E-state index contributed by atoms with van der Waals surface area (Å²) < 4.78 is 24.7. The second kappa shape index (κ2) is 13.4. The lowest BCUT2D eigenvalue weighted by Crippen LogP contribution is -2.44. The zero-order chi connectivity index (χ0) is 25.2. The van der Waals surface area contributed by atoms with Gasteiger partial charge >= 0.3 is 0 Å². The number of benzene rings is 1. The van der Waals surface area contributed by atoms with Gasteiger partial charge in [0.15, 0.2) is 0 Å². The van der Waals surface area contributed by atoms with Crippen molar-refractivity contribution in [1.29, 1.82) is 0 Å². The van der Waals surface area contributed by atoms with Gasteiger partial charge in [-0.1, -0.05) is 30.2 Å². The molecule has 188 valence electrons. The first kappa shape index (κ1) is 26.9. The monoisotopic (exact) mass is 516 g/mol. The fourth-order valence-electron chi connectivity index (χ4n) is 4.23. The fraction of sp³-hybridized carbons (Fsp3) is 0.440. The molecular formula is C25H32N4O4S2. The van der Waals surface area contributed by atoms with Gasteiger partial charge in [-0.2, -0.15) is 4.31 Å². The minimum Gasteiger partial charge on any atom is -0.346 e. The minimum atomic E-state index is -2.91. The topological polar surface area (TPSA) is 98.8 Å². The van der Waals surface area contributed by atoms with E-state index in [-0.39, 0.29) is 31.6 Å². The Morgan fingerprint density at radius 1 is 1.20 bits per heavy atom. The molecule has 2 N–H and O–H groups in total. The summed E-state index contributed by atoms with van der Waals surface area (Å²) in [5.41, 5.74) is 2.49. The van der Waals surface area contributed by atoms with E-state index in [0.717, 1.165) is 30.2 Å². The smallest absolute Gasteiger partial charge is 0.240 e. The third-order valence-corrected chi connectivity index (χ3v) is 7.92. The van der Waals surface area contributed by atoms with E-state index in [1.165, 1.54) is 16.0 Å². The van der Waals surface area contributed by atoms with Crippen molar-refractivity contribution in [3.05, 3.63) is 47.3 Å². The second-order valence-electron chi connectivity index (χ2n) is 8.60. The molecule has 2 aromatic rings. The lowest BCUT2D eigenvalue weighted by atomic mass is 9.94. The summed E-state index contributed by atoms with van der Waals surface area (Å²) in [5.74, 6) is 1.51. The quantitative estimate of drug-likeness (QED) is 0.313. The van der Waals surface area contributed by atoms with Crippen LogP contribution in [0.25, 0.3) is 10.4 Å². The lowest BCUT2D eigenvalue weighted by Gasteiger charge is -2.37. The number of thiophene rings is 1. The SMILES string of the molecule is C#CCNC(=O)CNC(=O)CN(CC1CCN(C(C)c2cccc(-c3cccs3)c2)CC1)[SH](=O)=O. The van der Waals surface area contributed by atoms with Crippen LogP contribution in [0.4, 0.5) is 0 Å². The summed E-state index contributed by atoms with van der Waals surface area (Å²) in [5, 5.41) is 6.95. The van der Waals surface area contributed by atoms with Gasteiger partial charge in [0.1, 0.15) is 0 Å². The van der Waals surface area contributed by atoms with E-state index in [1.54, 1.807) is 11.3 Å². The number of amides is 2. The first-order valence-electron chi connectivity index (χ1n) is 11.6. The molecule has 1 aliphatic heterocycles. The van der Waals surface area contributed by atoms with Crippen molar-refractivity contribution in [3.63, 3.8) is 0 Å². The number of hydrogen-bond acceptors (Lipinski definition) is 6. The number of terminal acetylenes is 1. The van der Waals surface area contributed by atoms with Gasteiger partial charge in [0.2, 0.25) is 22.7 Å². The van der Waals surface area contributed by atoms with E-state index in [9.17, 15) is 18.0 Å². The first-order valence-corrected chi connectivity index (χ1v) is 13.6. The molecule has 0 bridgehead atoms. The number of rotatable bonds is 11. The second-order valence-corrected chi connectivity index (χ2v) is 10.6. The number of hydrogen-bond donors (Lipinski definition) is 3. The minimum absolute atomic E-state index is 0.0740. The Hall–Kier alpha value is -2.71. The van der Waals surface area contributed by atoms with E-state index in [4.69, 9.17) is 6.42 Å². The average Bonchev–Trinajstić information content (AvgIpc) is 3.41. The Kier molecular flexibility index (Phi) is 10.3. The molecule has 1 aliphatic rings. The van der Waals surface area contributed by atoms with E-state index < -0.39 is 22.7 Å². The number of piperidine rings is 1. The van der Waals surface area contributed by atoms with Crippen LogP contribution in [-0.4, -0.2) is 68.7 Å². The maximum Gasteiger partial charge on any atom is 0.240 e. The maximum absolute atomic E-state index is 12.1. The molecule has 8 nitrogen and oxygen atoms in total. The number of nitrogens with zero attached hydrogens (tertiary/aromatic N) is 2. The van der Waals surface area contributed by atoms with E-state index >= 15 is 0 Å². The summed E-state index contributed by atoms with van der Waals surface area (Å²) in [6.45, 7) is 3.76. The zero-order valence-corrected chi connectivity index (χ0v) is 21.5. The molecule has 3 rings (SSSR count). The fourth-order valence-corrected chi connectivity index (χ4v) is 5.56. The Labute approximate surface area is 212 Å². The number of carbonyl (C=O) groups excluding carboxylic acids is 2. The van der Waals surface area contributed by atoms with Crippen molar-refractivity contribution in [1.82, 2.24) is 19.8 Å². The van der Waals surface area contributed by atoms with Gasteiger partial charge in [-0.25, -0.2) is 8.42 Å². The van der Waals surface area contributed by atoms with Crippen molar-refractivity contribution in [2.24, 2.45) is 5.92 Å². The van der Waals surface area contributed by atoms with Crippen LogP contribution < -0.4 is 10.6 Å². The van der Waals surface area contributed by atoms with Gasteiger partial charge < -0.3 is 10.6 Å².